The first-order valence-electron chi connectivity index (χ1n) is 6.11. The molecule has 4 heteroatoms. The van der Waals surface area contributed by atoms with E-state index in [9.17, 15) is 10.1 Å². The Balaban J connectivity index is 1.96. The van der Waals surface area contributed by atoms with Crippen molar-refractivity contribution in [2.24, 2.45) is 0 Å². The van der Waals surface area contributed by atoms with Crippen molar-refractivity contribution in [3.05, 3.63) is 39.9 Å². The summed E-state index contributed by atoms with van der Waals surface area (Å²) in [6, 6.07) is 6.79. The van der Waals surface area contributed by atoms with Crippen LogP contribution in [0.25, 0.3) is 0 Å². The fourth-order valence-corrected chi connectivity index (χ4v) is 2.25. The minimum absolute atomic E-state index is 0.156. The van der Waals surface area contributed by atoms with Crippen LogP contribution in [0.15, 0.2) is 24.3 Å². The summed E-state index contributed by atoms with van der Waals surface area (Å²) in [6.07, 6.45) is 6.15. The molecule has 0 saturated heterocycles. The van der Waals surface area contributed by atoms with Gasteiger partial charge in [-0.05, 0) is 18.9 Å². The van der Waals surface area contributed by atoms with Gasteiger partial charge in [0.15, 0.2) is 0 Å². The van der Waals surface area contributed by atoms with Gasteiger partial charge in [-0.2, -0.15) is 0 Å². The van der Waals surface area contributed by atoms with E-state index >= 15 is 0 Å². The Bertz CT molecular complexity index is 386. The van der Waals surface area contributed by atoms with Crippen LogP contribution in [0, 0.1) is 10.1 Å². The molecular weight excluding hydrogens is 218 g/mol. The summed E-state index contributed by atoms with van der Waals surface area (Å²) in [5, 5.41) is 10.8. The summed E-state index contributed by atoms with van der Waals surface area (Å²) in [5.41, 5.74) is 0.825. The van der Waals surface area contributed by atoms with Crippen molar-refractivity contribution in [3.8, 4) is 0 Å². The van der Waals surface area contributed by atoms with E-state index in [0.717, 1.165) is 12.8 Å². The highest BCUT2D eigenvalue weighted by molar-refractivity contribution is 5.39. The molecule has 92 valence electrons. The van der Waals surface area contributed by atoms with E-state index in [1.807, 2.05) is 6.07 Å². The molecule has 4 nitrogen and oxygen atoms in total. The number of hydrogen-bond acceptors (Lipinski definition) is 3. The third-order valence-electron chi connectivity index (χ3n) is 3.22. The van der Waals surface area contributed by atoms with Crippen molar-refractivity contribution in [1.82, 2.24) is 0 Å². The standard InChI is InChI=1S/C13H17NO3/c15-14(16)13-9-5-4-6-11(13)10-17-12-7-2-1-3-8-12/h4-6,9,12H,1-3,7-8,10H2. The van der Waals surface area contributed by atoms with Gasteiger partial charge in [-0.3, -0.25) is 10.1 Å². The fraction of sp³-hybridized carbons (Fsp3) is 0.538. The van der Waals surface area contributed by atoms with Crippen LogP contribution in [0.5, 0.6) is 0 Å². The van der Waals surface area contributed by atoms with Crippen molar-refractivity contribution in [3.63, 3.8) is 0 Å². The monoisotopic (exact) mass is 235 g/mol. The van der Waals surface area contributed by atoms with Crippen molar-refractivity contribution < 1.29 is 9.66 Å². The van der Waals surface area contributed by atoms with Gasteiger partial charge in [0.1, 0.15) is 0 Å². The zero-order chi connectivity index (χ0) is 12.1. The van der Waals surface area contributed by atoms with E-state index in [2.05, 4.69) is 0 Å². The molecule has 1 aromatic carbocycles. The number of para-hydroxylation sites is 1. The minimum atomic E-state index is -0.348. The van der Waals surface area contributed by atoms with E-state index in [1.54, 1.807) is 12.1 Å². The Morgan fingerprint density at radius 2 is 1.94 bits per heavy atom. The van der Waals surface area contributed by atoms with Crippen molar-refractivity contribution in [2.45, 2.75) is 44.8 Å². The average molecular weight is 235 g/mol. The number of nitro benzene ring substituents is 1. The Labute approximate surface area is 101 Å². The molecule has 1 aromatic rings. The molecule has 0 heterocycles. The summed E-state index contributed by atoms with van der Waals surface area (Å²) in [7, 11) is 0. The molecule has 1 aliphatic carbocycles. The van der Waals surface area contributed by atoms with Gasteiger partial charge in [-0.15, -0.1) is 0 Å². The number of nitrogens with zero attached hydrogens (tertiary/aromatic N) is 1. The topological polar surface area (TPSA) is 52.4 Å². The van der Waals surface area contributed by atoms with Gasteiger partial charge in [0.05, 0.1) is 23.2 Å². The van der Waals surface area contributed by atoms with E-state index in [0.29, 0.717) is 12.2 Å². The maximum Gasteiger partial charge on any atom is 0.274 e. The second-order valence-corrected chi connectivity index (χ2v) is 4.46. The fourth-order valence-electron chi connectivity index (χ4n) is 2.25. The van der Waals surface area contributed by atoms with Crippen LogP contribution in [-0.2, 0) is 11.3 Å². The van der Waals surface area contributed by atoms with Gasteiger partial charge >= 0.3 is 0 Å². The minimum Gasteiger partial charge on any atom is -0.373 e. The highest BCUT2D eigenvalue weighted by Crippen LogP contribution is 2.24. The van der Waals surface area contributed by atoms with Gasteiger partial charge in [-0.1, -0.05) is 31.4 Å². The summed E-state index contributed by atoms with van der Waals surface area (Å²) >= 11 is 0. The van der Waals surface area contributed by atoms with E-state index < -0.39 is 0 Å². The second kappa shape index (κ2) is 5.77. The molecule has 1 fully saturated rings. The lowest BCUT2D eigenvalue weighted by molar-refractivity contribution is -0.386. The molecule has 0 N–H and O–H groups in total. The molecule has 0 aromatic heterocycles. The van der Waals surface area contributed by atoms with Crippen molar-refractivity contribution >= 4 is 5.69 Å². The Morgan fingerprint density at radius 3 is 2.65 bits per heavy atom. The third-order valence-corrected chi connectivity index (χ3v) is 3.22. The molecule has 17 heavy (non-hydrogen) atoms. The third kappa shape index (κ3) is 3.27. The Morgan fingerprint density at radius 1 is 1.24 bits per heavy atom. The lowest BCUT2D eigenvalue weighted by atomic mass is 9.98. The number of benzene rings is 1. The summed E-state index contributed by atoms with van der Waals surface area (Å²) in [5.74, 6) is 0. The zero-order valence-electron chi connectivity index (χ0n) is 9.80. The number of hydrogen-bond donors (Lipinski definition) is 0. The van der Waals surface area contributed by atoms with Crippen LogP contribution < -0.4 is 0 Å². The van der Waals surface area contributed by atoms with Crippen LogP contribution in [0.2, 0.25) is 0 Å². The summed E-state index contributed by atoms with van der Waals surface area (Å²) < 4.78 is 5.76. The lowest BCUT2D eigenvalue weighted by Crippen LogP contribution is -2.16. The van der Waals surface area contributed by atoms with Crippen LogP contribution in [-0.4, -0.2) is 11.0 Å². The molecular formula is C13H17NO3. The normalized spacial score (nSPS) is 16.9. The summed E-state index contributed by atoms with van der Waals surface area (Å²) in [4.78, 5) is 10.5. The first-order chi connectivity index (χ1) is 8.27. The predicted octanol–water partition coefficient (Wildman–Crippen LogP) is 3.44. The Hall–Kier alpha value is -1.42. The molecule has 1 saturated carbocycles. The number of nitro groups is 1. The largest absolute Gasteiger partial charge is 0.373 e. The Kier molecular flexibility index (Phi) is 4.09. The zero-order valence-corrected chi connectivity index (χ0v) is 9.80. The second-order valence-electron chi connectivity index (χ2n) is 4.46. The molecule has 0 atom stereocenters. The van der Waals surface area contributed by atoms with Crippen molar-refractivity contribution in [1.29, 1.82) is 0 Å². The first kappa shape index (κ1) is 12.0. The molecule has 1 aliphatic rings. The highest BCUT2D eigenvalue weighted by atomic mass is 16.6. The molecule has 0 spiro atoms. The molecule has 0 radical (unpaired) electrons. The number of ether oxygens (including phenoxy) is 1. The van der Waals surface area contributed by atoms with Gasteiger partial charge in [0, 0.05) is 6.07 Å². The van der Waals surface area contributed by atoms with Gasteiger partial charge in [0.2, 0.25) is 0 Å². The van der Waals surface area contributed by atoms with E-state index in [-0.39, 0.29) is 16.7 Å². The highest BCUT2D eigenvalue weighted by Gasteiger charge is 2.17. The van der Waals surface area contributed by atoms with E-state index in [4.69, 9.17) is 4.74 Å². The van der Waals surface area contributed by atoms with Crippen LogP contribution in [0.1, 0.15) is 37.7 Å². The van der Waals surface area contributed by atoms with Gasteiger partial charge in [0.25, 0.3) is 5.69 Å². The van der Waals surface area contributed by atoms with Crippen LogP contribution in [0.4, 0.5) is 5.69 Å². The SMILES string of the molecule is O=[N+]([O-])c1ccccc1COC1CCCCC1. The maximum absolute atomic E-state index is 10.8. The van der Waals surface area contributed by atoms with E-state index in [1.165, 1.54) is 25.3 Å². The first-order valence-corrected chi connectivity index (χ1v) is 6.11. The predicted molar refractivity (Wildman–Crippen MR) is 64.8 cm³/mol. The molecule has 0 amide bonds. The molecule has 0 bridgehead atoms. The summed E-state index contributed by atoms with van der Waals surface area (Å²) in [6.45, 7) is 0.349. The van der Waals surface area contributed by atoms with Gasteiger partial charge < -0.3 is 4.74 Å². The number of rotatable bonds is 4. The van der Waals surface area contributed by atoms with Gasteiger partial charge in [-0.25, -0.2) is 0 Å². The quantitative estimate of drug-likeness (QED) is 0.593. The maximum atomic E-state index is 10.8. The smallest absolute Gasteiger partial charge is 0.274 e. The van der Waals surface area contributed by atoms with Crippen LogP contribution in [0.3, 0.4) is 0 Å². The average Bonchev–Trinajstić information content (AvgIpc) is 2.38. The lowest BCUT2D eigenvalue weighted by Gasteiger charge is -2.21. The van der Waals surface area contributed by atoms with Crippen LogP contribution >= 0.6 is 0 Å². The van der Waals surface area contributed by atoms with Crippen molar-refractivity contribution in [2.75, 3.05) is 0 Å². The molecule has 0 unspecified atom stereocenters. The molecule has 0 aliphatic heterocycles. The molecule has 2 rings (SSSR count).